The normalized spacial score (nSPS) is 22.3. The van der Waals surface area contributed by atoms with Crippen molar-refractivity contribution in [3.8, 4) is 11.6 Å². The SMILES string of the molecule is CC(C)(C)[C@H]1COc2c(nc(Cl)nc2N2CCOCC2)O1. The Balaban J connectivity index is 1.92. The van der Waals surface area contributed by atoms with Gasteiger partial charge in [-0.3, -0.25) is 0 Å². The van der Waals surface area contributed by atoms with Crippen molar-refractivity contribution in [3.63, 3.8) is 0 Å². The topological polar surface area (TPSA) is 56.7 Å². The van der Waals surface area contributed by atoms with Crippen LogP contribution in [0.25, 0.3) is 0 Å². The molecule has 0 N–H and O–H groups in total. The summed E-state index contributed by atoms with van der Waals surface area (Å²) in [6.45, 7) is 9.66. The van der Waals surface area contributed by atoms with Crippen LogP contribution in [-0.4, -0.2) is 49.0 Å². The molecule has 0 saturated carbocycles. The van der Waals surface area contributed by atoms with Gasteiger partial charge >= 0.3 is 0 Å². The minimum Gasteiger partial charge on any atom is -0.481 e. The van der Waals surface area contributed by atoms with Crippen LogP contribution < -0.4 is 14.4 Å². The molecule has 6 nitrogen and oxygen atoms in total. The zero-order chi connectivity index (χ0) is 15.0. The third-order valence-electron chi connectivity index (χ3n) is 3.70. The van der Waals surface area contributed by atoms with Gasteiger partial charge in [-0.1, -0.05) is 20.8 Å². The second-order valence-corrected chi connectivity index (χ2v) is 6.67. The first-order chi connectivity index (χ1) is 9.95. The summed E-state index contributed by atoms with van der Waals surface area (Å²) < 4.78 is 17.3. The lowest BCUT2D eigenvalue weighted by atomic mass is 9.89. The fourth-order valence-corrected chi connectivity index (χ4v) is 2.50. The second kappa shape index (κ2) is 5.50. The summed E-state index contributed by atoms with van der Waals surface area (Å²) in [6, 6.07) is 0. The van der Waals surface area contributed by atoms with Crippen LogP contribution in [0.15, 0.2) is 0 Å². The predicted octanol–water partition coefficient (Wildman–Crippen LogP) is 2.15. The van der Waals surface area contributed by atoms with E-state index in [0.29, 0.717) is 37.3 Å². The Labute approximate surface area is 129 Å². The van der Waals surface area contributed by atoms with Crippen molar-refractivity contribution in [1.82, 2.24) is 9.97 Å². The molecule has 0 unspecified atom stereocenters. The highest BCUT2D eigenvalue weighted by Crippen LogP contribution is 2.41. The van der Waals surface area contributed by atoms with Gasteiger partial charge < -0.3 is 19.1 Å². The standard InChI is InChI=1S/C14H20ClN3O3/c1-14(2,3)9-8-20-10-11(18-4-6-19-7-5-18)16-13(15)17-12(10)21-9/h9H,4-8H2,1-3H3/t9-/m1/s1. The number of fused-ring (bicyclic) bond motifs is 1. The van der Waals surface area contributed by atoms with Gasteiger partial charge in [0.15, 0.2) is 5.82 Å². The molecule has 3 heterocycles. The first-order valence-corrected chi connectivity index (χ1v) is 7.52. The molecule has 1 fully saturated rings. The Morgan fingerprint density at radius 1 is 1.19 bits per heavy atom. The Hall–Kier alpha value is -1.27. The third kappa shape index (κ3) is 3.01. The molecule has 0 radical (unpaired) electrons. The van der Waals surface area contributed by atoms with Crippen molar-refractivity contribution in [2.45, 2.75) is 26.9 Å². The number of anilines is 1. The molecule has 0 spiro atoms. The van der Waals surface area contributed by atoms with Gasteiger partial charge in [0.1, 0.15) is 12.7 Å². The van der Waals surface area contributed by atoms with E-state index >= 15 is 0 Å². The number of rotatable bonds is 1. The number of hydrogen-bond acceptors (Lipinski definition) is 6. The Morgan fingerprint density at radius 2 is 1.90 bits per heavy atom. The lowest BCUT2D eigenvalue weighted by Crippen LogP contribution is -2.42. The van der Waals surface area contributed by atoms with Crippen molar-refractivity contribution >= 4 is 17.4 Å². The smallest absolute Gasteiger partial charge is 0.264 e. The van der Waals surface area contributed by atoms with Crippen LogP contribution in [0.1, 0.15) is 20.8 Å². The maximum absolute atomic E-state index is 6.05. The van der Waals surface area contributed by atoms with Gasteiger partial charge in [-0.05, 0) is 11.6 Å². The molecule has 1 atom stereocenters. The van der Waals surface area contributed by atoms with E-state index in [9.17, 15) is 0 Å². The molecule has 2 aliphatic heterocycles. The Kier molecular flexibility index (Phi) is 3.84. The second-order valence-electron chi connectivity index (χ2n) is 6.33. The van der Waals surface area contributed by atoms with E-state index < -0.39 is 0 Å². The molecular weight excluding hydrogens is 294 g/mol. The highest BCUT2D eigenvalue weighted by molar-refractivity contribution is 6.28. The summed E-state index contributed by atoms with van der Waals surface area (Å²) in [7, 11) is 0. The average molecular weight is 314 g/mol. The number of nitrogens with zero attached hydrogens (tertiary/aromatic N) is 3. The molecule has 21 heavy (non-hydrogen) atoms. The highest BCUT2D eigenvalue weighted by atomic mass is 35.5. The summed E-state index contributed by atoms with van der Waals surface area (Å²) in [4.78, 5) is 10.6. The molecule has 3 rings (SSSR count). The lowest BCUT2D eigenvalue weighted by Gasteiger charge is -2.36. The van der Waals surface area contributed by atoms with Crippen LogP contribution >= 0.6 is 11.6 Å². The molecule has 1 saturated heterocycles. The number of ether oxygens (including phenoxy) is 3. The van der Waals surface area contributed by atoms with Crippen molar-refractivity contribution < 1.29 is 14.2 Å². The van der Waals surface area contributed by atoms with Gasteiger partial charge in [0.2, 0.25) is 11.0 Å². The van der Waals surface area contributed by atoms with Gasteiger partial charge in [-0.25, -0.2) is 0 Å². The molecule has 2 aliphatic rings. The minimum absolute atomic E-state index is 0.0335. The Morgan fingerprint density at radius 3 is 2.57 bits per heavy atom. The molecule has 0 amide bonds. The van der Waals surface area contributed by atoms with Gasteiger partial charge in [0.05, 0.1) is 13.2 Å². The highest BCUT2D eigenvalue weighted by Gasteiger charge is 2.35. The molecule has 1 aromatic heterocycles. The summed E-state index contributed by atoms with van der Waals surface area (Å²) >= 11 is 6.05. The molecule has 0 bridgehead atoms. The van der Waals surface area contributed by atoms with E-state index in [4.69, 9.17) is 25.8 Å². The maximum atomic E-state index is 6.05. The van der Waals surface area contributed by atoms with Crippen LogP contribution in [0.5, 0.6) is 11.6 Å². The molecule has 0 aromatic carbocycles. The molecular formula is C14H20ClN3O3. The number of morpholine rings is 1. The molecule has 7 heteroatoms. The van der Waals surface area contributed by atoms with E-state index in [1.165, 1.54) is 0 Å². The van der Waals surface area contributed by atoms with Crippen LogP contribution in [0.2, 0.25) is 5.28 Å². The van der Waals surface area contributed by atoms with Crippen LogP contribution in [0, 0.1) is 5.41 Å². The van der Waals surface area contributed by atoms with Gasteiger partial charge in [0, 0.05) is 18.5 Å². The van der Waals surface area contributed by atoms with E-state index in [0.717, 1.165) is 13.1 Å². The minimum atomic E-state index is -0.0616. The van der Waals surface area contributed by atoms with Gasteiger partial charge in [0.25, 0.3) is 5.88 Å². The van der Waals surface area contributed by atoms with Crippen LogP contribution in [-0.2, 0) is 4.74 Å². The monoisotopic (exact) mass is 313 g/mol. The lowest BCUT2D eigenvalue weighted by molar-refractivity contribution is 0.0116. The van der Waals surface area contributed by atoms with Crippen LogP contribution in [0.4, 0.5) is 5.82 Å². The molecule has 1 aromatic rings. The first-order valence-electron chi connectivity index (χ1n) is 7.15. The van der Waals surface area contributed by atoms with E-state index in [1.807, 2.05) is 0 Å². The quantitative estimate of drug-likeness (QED) is 0.741. The van der Waals surface area contributed by atoms with E-state index in [1.54, 1.807) is 0 Å². The van der Waals surface area contributed by atoms with Crippen LogP contribution in [0.3, 0.4) is 0 Å². The fraction of sp³-hybridized carbons (Fsp3) is 0.714. The zero-order valence-electron chi connectivity index (χ0n) is 12.6. The van der Waals surface area contributed by atoms with Crippen molar-refractivity contribution in [2.24, 2.45) is 5.41 Å². The summed E-state index contributed by atoms with van der Waals surface area (Å²) in [5.74, 6) is 1.71. The van der Waals surface area contributed by atoms with Crippen molar-refractivity contribution in [1.29, 1.82) is 0 Å². The Bertz CT molecular complexity index is 527. The average Bonchev–Trinajstić information content (AvgIpc) is 2.45. The van der Waals surface area contributed by atoms with Crippen molar-refractivity contribution in [2.75, 3.05) is 37.8 Å². The van der Waals surface area contributed by atoms with Crippen molar-refractivity contribution in [3.05, 3.63) is 5.28 Å². The van der Waals surface area contributed by atoms with E-state index in [2.05, 4.69) is 35.6 Å². The molecule has 116 valence electrons. The van der Waals surface area contributed by atoms with Gasteiger partial charge in [-0.2, -0.15) is 9.97 Å². The van der Waals surface area contributed by atoms with Gasteiger partial charge in [-0.15, -0.1) is 0 Å². The summed E-state index contributed by atoms with van der Waals surface area (Å²) in [5.41, 5.74) is -0.0335. The largest absolute Gasteiger partial charge is 0.481 e. The predicted molar refractivity (Wildman–Crippen MR) is 79.4 cm³/mol. The fourth-order valence-electron chi connectivity index (χ4n) is 2.34. The molecule has 0 aliphatic carbocycles. The number of aromatic nitrogens is 2. The maximum Gasteiger partial charge on any atom is 0.264 e. The van der Waals surface area contributed by atoms with E-state index in [-0.39, 0.29) is 16.8 Å². The number of hydrogen-bond donors (Lipinski definition) is 0. The third-order valence-corrected chi connectivity index (χ3v) is 3.87. The zero-order valence-corrected chi connectivity index (χ0v) is 13.3. The summed E-state index contributed by atoms with van der Waals surface area (Å²) in [6.07, 6.45) is -0.0616. The summed E-state index contributed by atoms with van der Waals surface area (Å²) in [5, 5.41) is 0.174. The number of halogens is 1. The first kappa shape index (κ1) is 14.7.